The molecule has 8 nitrogen and oxygen atoms in total. The average molecular weight is 501 g/mol. The first kappa shape index (κ1) is 25.1. The maximum atomic E-state index is 12.8. The molecule has 0 atom stereocenters. The van der Waals surface area contributed by atoms with Crippen LogP contribution in [0, 0.1) is 0 Å². The van der Waals surface area contributed by atoms with Gasteiger partial charge in [-0.15, -0.1) is 26.3 Å². The number of nitrogens with zero attached hydrogens (tertiary/aromatic N) is 1. The van der Waals surface area contributed by atoms with E-state index in [0.29, 0.717) is 0 Å². The van der Waals surface area contributed by atoms with Gasteiger partial charge in [-0.2, -0.15) is 0 Å². The van der Waals surface area contributed by atoms with Crippen LogP contribution in [0.2, 0.25) is 0 Å². The summed E-state index contributed by atoms with van der Waals surface area (Å²) >= 11 is 0. The van der Waals surface area contributed by atoms with E-state index in [-0.39, 0.29) is 22.7 Å². The molecule has 3 N–H and O–H groups in total. The van der Waals surface area contributed by atoms with Gasteiger partial charge in [-0.1, -0.05) is 0 Å². The number of carbonyl (C=O) groups is 2. The number of amides is 2. The van der Waals surface area contributed by atoms with Crippen molar-refractivity contribution in [3.63, 3.8) is 0 Å². The SMILES string of the molecule is NC(=O)c1cc(NC(=O)c2ccc(OC(F)(F)F)cc2Oc2ccc(OC(F)(F)F)cc2)ccn1. The zero-order valence-corrected chi connectivity index (χ0v) is 17.1. The Morgan fingerprint density at radius 3 is 1.97 bits per heavy atom. The molecule has 1 heterocycles. The molecule has 0 radical (unpaired) electrons. The third-order valence-corrected chi connectivity index (χ3v) is 3.99. The van der Waals surface area contributed by atoms with Crippen LogP contribution in [0.1, 0.15) is 20.8 Å². The molecule has 0 saturated heterocycles. The summed E-state index contributed by atoms with van der Waals surface area (Å²) in [6.45, 7) is 0. The van der Waals surface area contributed by atoms with E-state index < -0.39 is 41.8 Å². The molecule has 0 aliphatic carbocycles. The molecule has 0 aliphatic rings. The summed E-state index contributed by atoms with van der Waals surface area (Å²) < 4.78 is 87.9. The Morgan fingerprint density at radius 1 is 0.800 bits per heavy atom. The van der Waals surface area contributed by atoms with Crippen molar-refractivity contribution in [2.45, 2.75) is 12.7 Å². The number of hydrogen-bond acceptors (Lipinski definition) is 6. The fourth-order valence-electron chi connectivity index (χ4n) is 2.65. The number of anilines is 1. The van der Waals surface area contributed by atoms with Crippen LogP contribution in [0.3, 0.4) is 0 Å². The topological polar surface area (TPSA) is 113 Å². The highest BCUT2D eigenvalue weighted by Gasteiger charge is 2.32. The lowest BCUT2D eigenvalue weighted by Crippen LogP contribution is -2.18. The van der Waals surface area contributed by atoms with Gasteiger partial charge in [-0.05, 0) is 48.5 Å². The summed E-state index contributed by atoms with van der Waals surface area (Å²) in [5.74, 6) is -3.56. The monoisotopic (exact) mass is 501 g/mol. The molecule has 0 spiro atoms. The van der Waals surface area contributed by atoms with E-state index in [1.54, 1.807) is 0 Å². The third-order valence-electron chi connectivity index (χ3n) is 3.99. The summed E-state index contributed by atoms with van der Waals surface area (Å²) in [5.41, 5.74) is 4.80. The van der Waals surface area contributed by atoms with Crippen molar-refractivity contribution in [2.24, 2.45) is 5.73 Å². The van der Waals surface area contributed by atoms with Gasteiger partial charge in [0.05, 0.1) is 5.56 Å². The van der Waals surface area contributed by atoms with E-state index >= 15 is 0 Å². The highest BCUT2D eigenvalue weighted by atomic mass is 19.4. The Bertz CT molecular complexity index is 1230. The predicted octanol–water partition coefficient (Wildman–Crippen LogP) is 5.02. The molecule has 184 valence electrons. The number of primary amides is 1. The number of benzene rings is 2. The van der Waals surface area contributed by atoms with Crippen molar-refractivity contribution in [1.82, 2.24) is 4.98 Å². The molecule has 0 saturated carbocycles. The van der Waals surface area contributed by atoms with Crippen molar-refractivity contribution in [2.75, 3.05) is 5.32 Å². The molecule has 35 heavy (non-hydrogen) atoms. The number of halogens is 6. The van der Waals surface area contributed by atoms with Crippen LogP contribution >= 0.6 is 0 Å². The number of pyridine rings is 1. The van der Waals surface area contributed by atoms with Gasteiger partial charge in [-0.3, -0.25) is 14.6 Å². The standard InChI is InChI=1S/C21H13F6N3O5/c22-20(23,24)34-13-3-1-12(2-4-13)33-17-10-14(35-21(25,26)27)5-6-15(17)19(32)30-11-7-8-29-16(9-11)18(28)31/h1-10H,(H2,28,31)(H,29,30,32). The highest BCUT2D eigenvalue weighted by Crippen LogP contribution is 2.34. The predicted molar refractivity (Wildman–Crippen MR) is 107 cm³/mol. The molecule has 2 amide bonds. The number of alkyl halides is 6. The first-order chi connectivity index (χ1) is 16.3. The van der Waals surface area contributed by atoms with E-state index in [2.05, 4.69) is 19.8 Å². The normalized spacial score (nSPS) is 11.5. The van der Waals surface area contributed by atoms with E-state index in [0.717, 1.165) is 42.5 Å². The average Bonchev–Trinajstić information content (AvgIpc) is 2.73. The summed E-state index contributed by atoms with van der Waals surface area (Å²) in [6.07, 6.45) is -8.78. The van der Waals surface area contributed by atoms with Crippen molar-refractivity contribution >= 4 is 17.5 Å². The first-order valence-electron chi connectivity index (χ1n) is 9.30. The molecule has 14 heteroatoms. The molecular formula is C21H13F6N3O5. The van der Waals surface area contributed by atoms with E-state index in [1.165, 1.54) is 18.3 Å². The molecule has 3 aromatic rings. The molecule has 0 bridgehead atoms. The molecule has 1 aromatic heterocycles. The molecule has 0 fully saturated rings. The van der Waals surface area contributed by atoms with Gasteiger partial charge in [0, 0.05) is 18.0 Å². The van der Waals surface area contributed by atoms with Crippen LogP contribution in [0.15, 0.2) is 60.8 Å². The van der Waals surface area contributed by atoms with Gasteiger partial charge < -0.3 is 25.3 Å². The zero-order valence-electron chi connectivity index (χ0n) is 17.1. The van der Waals surface area contributed by atoms with Crippen molar-refractivity contribution in [3.8, 4) is 23.0 Å². The Labute approximate surface area is 192 Å². The smallest absolute Gasteiger partial charge is 0.456 e. The van der Waals surface area contributed by atoms with Crippen LogP contribution in [0.4, 0.5) is 32.0 Å². The Hall–Kier alpha value is -4.49. The van der Waals surface area contributed by atoms with Gasteiger partial charge >= 0.3 is 12.7 Å². The lowest BCUT2D eigenvalue weighted by Gasteiger charge is -2.15. The van der Waals surface area contributed by atoms with Crippen LogP contribution in [0.25, 0.3) is 0 Å². The number of rotatable bonds is 7. The maximum absolute atomic E-state index is 12.8. The molecule has 3 rings (SSSR count). The first-order valence-corrected chi connectivity index (χ1v) is 9.30. The lowest BCUT2D eigenvalue weighted by molar-refractivity contribution is -0.275. The molecule has 2 aromatic carbocycles. The largest absolute Gasteiger partial charge is 0.573 e. The fraction of sp³-hybridized carbons (Fsp3) is 0.0952. The Morgan fingerprint density at radius 2 is 1.37 bits per heavy atom. The number of nitrogens with two attached hydrogens (primary N) is 1. The summed E-state index contributed by atoms with van der Waals surface area (Å²) in [7, 11) is 0. The molecule has 0 unspecified atom stereocenters. The second kappa shape index (κ2) is 9.79. The van der Waals surface area contributed by atoms with Crippen molar-refractivity contribution < 1.29 is 50.1 Å². The highest BCUT2D eigenvalue weighted by molar-refractivity contribution is 6.06. The van der Waals surface area contributed by atoms with Crippen molar-refractivity contribution in [1.29, 1.82) is 0 Å². The van der Waals surface area contributed by atoms with Gasteiger partial charge in [0.15, 0.2) is 0 Å². The number of aromatic nitrogens is 1. The minimum Gasteiger partial charge on any atom is -0.456 e. The third kappa shape index (κ3) is 7.52. The van der Waals surface area contributed by atoms with Gasteiger partial charge in [0.1, 0.15) is 28.7 Å². The molecule has 0 aliphatic heterocycles. The maximum Gasteiger partial charge on any atom is 0.573 e. The van der Waals surface area contributed by atoms with Crippen molar-refractivity contribution in [3.05, 3.63) is 72.1 Å². The minimum absolute atomic E-state index is 0.0917. The van der Waals surface area contributed by atoms with Gasteiger partial charge in [0.2, 0.25) is 0 Å². The summed E-state index contributed by atoms with van der Waals surface area (Å²) in [6, 6.07) is 8.99. The minimum atomic E-state index is -5.04. The zero-order chi connectivity index (χ0) is 25.8. The second-order valence-corrected chi connectivity index (χ2v) is 6.58. The van der Waals surface area contributed by atoms with E-state index in [1.807, 2.05) is 0 Å². The number of ether oxygens (including phenoxy) is 3. The number of hydrogen-bond donors (Lipinski definition) is 2. The van der Waals surface area contributed by atoms with E-state index in [9.17, 15) is 35.9 Å². The lowest BCUT2D eigenvalue weighted by atomic mass is 10.1. The quantitative estimate of drug-likeness (QED) is 0.440. The van der Waals surface area contributed by atoms with Gasteiger partial charge in [-0.25, -0.2) is 0 Å². The fourth-order valence-corrected chi connectivity index (χ4v) is 2.65. The van der Waals surface area contributed by atoms with Crippen LogP contribution in [-0.2, 0) is 0 Å². The number of nitrogens with one attached hydrogen (secondary N) is 1. The number of carbonyl (C=O) groups excluding carboxylic acids is 2. The van der Waals surface area contributed by atoms with Gasteiger partial charge in [0.25, 0.3) is 11.8 Å². The van der Waals surface area contributed by atoms with Crippen LogP contribution in [-0.4, -0.2) is 29.5 Å². The Balaban J connectivity index is 1.90. The molecular weight excluding hydrogens is 488 g/mol. The Kier molecular flexibility index (Phi) is 7.03. The summed E-state index contributed by atoms with van der Waals surface area (Å²) in [5, 5.41) is 2.41. The summed E-state index contributed by atoms with van der Waals surface area (Å²) in [4.78, 5) is 27.8. The van der Waals surface area contributed by atoms with E-state index in [4.69, 9.17) is 10.5 Å². The van der Waals surface area contributed by atoms with Crippen LogP contribution < -0.4 is 25.3 Å². The van der Waals surface area contributed by atoms with Crippen LogP contribution in [0.5, 0.6) is 23.0 Å². The second-order valence-electron chi connectivity index (χ2n) is 6.58.